The molecule has 0 aromatic heterocycles. The molecule has 0 radical (unpaired) electrons. The van der Waals surface area contributed by atoms with Gasteiger partial charge in [0, 0.05) is 5.41 Å². The van der Waals surface area contributed by atoms with Crippen molar-refractivity contribution in [3.8, 4) is 0 Å². The van der Waals surface area contributed by atoms with Crippen molar-refractivity contribution < 1.29 is 19.2 Å². The molecule has 5 heteroatoms. The van der Waals surface area contributed by atoms with E-state index in [0.717, 1.165) is 44.2 Å². The Kier molecular flexibility index (Phi) is 7.81. The molecule has 0 aromatic carbocycles. The number of oxime groups is 1. The summed E-state index contributed by atoms with van der Waals surface area (Å²) in [6.45, 7) is 6.47. The van der Waals surface area contributed by atoms with Gasteiger partial charge < -0.3 is 9.57 Å². The van der Waals surface area contributed by atoms with Crippen LogP contribution in [0.4, 0.5) is 0 Å². The van der Waals surface area contributed by atoms with Crippen LogP contribution < -0.4 is 0 Å². The minimum atomic E-state index is -0.291. The molecular formula is C22H33NO4. The largest absolute Gasteiger partial charge is 0.469 e. The molecule has 2 aliphatic rings. The normalized spacial score (nSPS) is 23.6. The molecule has 2 atom stereocenters. The number of ketones is 1. The Bertz CT molecular complexity index is 630. The first-order valence-electron chi connectivity index (χ1n) is 10.0. The molecule has 2 aliphatic carbocycles. The fourth-order valence-electron chi connectivity index (χ4n) is 3.80. The van der Waals surface area contributed by atoms with E-state index in [4.69, 9.17) is 4.84 Å². The van der Waals surface area contributed by atoms with Crippen LogP contribution in [0.25, 0.3) is 0 Å². The van der Waals surface area contributed by atoms with Gasteiger partial charge >= 0.3 is 5.97 Å². The Hall–Kier alpha value is -1.91. The van der Waals surface area contributed by atoms with Crippen molar-refractivity contribution in [1.82, 2.24) is 0 Å². The molecular weight excluding hydrogens is 342 g/mol. The van der Waals surface area contributed by atoms with Gasteiger partial charge in [-0.15, -0.1) is 0 Å². The zero-order chi connectivity index (χ0) is 19.9. The highest BCUT2D eigenvalue weighted by molar-refractivity contribution is 5.94. The molecule has 0 aliphatic heterocycles. The number of hydrogen-bond donors (Lipinski definition) is 0. The number of methoxy groups -OCH3 is 1. The summed E-state index contributed by atoms with van der Waals surface area (Å²) in [5, 5.41) is 4.21. The van der Waals surface area contributed by atoms with Gasteiger partial charge in [0.15, 0.2) is 5.78 Å². The molecule has 0 bridgehead atoms. The van der Waals surface area contributed by atoms with Gasteiger partial charge in [-0.05, 0) is 49.2 Å². The highest BCUT2D eigenvalue weighted by Crippen LogP contribution is 2.43. The van der Waals surface area contributed by atoms with Crippen molar-refractivity contribution in [1.29, 1.82) is 0 Å². The third kappa shape index (κ3) is 6.05. The van der Waals surface area contributed by atoms with Crippen LogP contribution in [0.3, 0.4) is 0 Å². The molecule has 1 saturated carbocycles. The van der Waals surface area contributed by atoms with Crippen LogP contribution in [-0.4, -0.2) is 31.2 Å². The quantitative estimate of drug-likeness (QED) is 0.242. The lowest BCUT2D eigenvalue weighted by molar-refractivity contribution is -0.141. The van der Waals surface area contributed by atoms with Crippen molar-refractivity contribution in [2.45, 2.75) is 65.7 Å². The van der Waals surface area contributed by atoms with E-state index in [-0.39, 0.29) is 30.2 Å². The lowest BCUT2D eigenvalue weighted by Gasteiger charge is -2.21. The predicted octanol–water partition coefficient (Wildman–Crippen LogP) is 4.62. The highest BCUT2D eigenvalue weighted by atomic mass is 16.6. The van der Waals surface area contributed by atoms with Gasteiger partial charge in [-0.2, -0.15) is 0 Å². The lowest BCUT2D eigenvalue weighted by Crippen LogP contribution is -2.22. The first-order valence-corrected chi connectivity index (χ1v) is 10.0. The molecule has 2 rings (SSSR count). The van der Waals surface area contributed by atoms with Crippen LogP contribution >= 0.6 is 0 Å². The van der Waals surface area contributed by atoms with E-state index in [9.17, 15) is 9.59 Å². The Morgan fingerprint density at radius 3 is 2.81 bits per heavy atom. The van der Waals surface area contributed by atoms with Crippen LogP contribution in [0.2, 0.25) is 0 Å². The van der Waals surface area contributed by atoms with Crippen molar-refractivity contribution in [2.24, 2.45) is 22.4 Å². The van der Waals surface area contributed by atoms with Gasteiger partial charge in [0.05, 0.1) is 19.2 Å². The summed E-state index contributed by atoms with van der Waals surface area (Å²) in [7, 11) is 1.36. The number of fused-ring (bicyclic) bond motifs is 1. The Morgan fingerprint density at radius 2 is 2.11 bits per heavy atom. The molecule has 0 N–H and O–H groups in total. The number of hydrogen-bond acceptors (Lipinski definition) is 5. The number of carbonyl (C=O) groups is 2. The molecule has 0 amide bonds. The minimum Gasteiger partial charge on any atom is -0.469 e. The van der Waals surface area contributed by atoms with Gasteiger partial charge in [-0.1, -0.05) is 50.9 Å². The van der Waals surface area contributed by atoms with Crippen LogP contribution in [0.5, 0.6) is 0 Å². The molecule has 0 aromatic rings. The Labute approximate surface area is 162 Å². The van der Waals surface area contributed by atoms with E-state index in [0.29, 0.717) is 11.8 Å². The molecule has 0 unspecified atom stereocenters. The smallest absolute Gasteiger partial charge is 0.309 e. The lowest BCUT2D eigenvalue weighted by atomic mass is 9.82. The first-order chi connectivity index (χ1) is 12.9. The third-order valence-electron chi connectivity index (χ3n) is 5.68. The van der Waals surface area contributed by atoms with Crippen LogP contribution in [0, 0.1) is 17.3 Å². The molecule has 0 saturated heterocycles. The van der Waals surface area contributed by atoms with E-state index in [1.54, 1.807) is 6.08 Å². The van der Waals surface area contributed by atoms with Crippen LogP contribution in [0.15, 0.2) is 29.0 Å². The summed E-state index contributed by atoms with van der Waals surface area (Å²) in [6, 6.07) is 0. The maximum atomic E-state index is 12.5. The van der Waals surface area contributed by atoms with Crippen molar-refractivity contribution in [2.75, 3.05) is 13.7 Å². The van der Waals surface area contributed by atoms with Crippen molar-refractivity contribution >= 4 is 17.5 Å². The zero-order valence-corrected chi connectivity index (χ0v) is 17.1. The summed E-state index contributed by atoms with van der Waals surface area (Å²) in [4.78, 5) is 28.9. The van der Waals surface area contributed by atoms with Crippen LogP contribution in [0.1, 0.15) is 65.7 Å². The van der Waals surface area contributed by atoms with Gasteiger partial charge in [0.1, 0.15) is 6.61 Å². The van der Waals surface area contributed by atoms with Crippen molar-refractivity contribution in [3.05, 3.63) is 23.8 Å². The second kappa shape index (κ2) is 9.86. The molecule has 1 fully saturated rings. The van der Waals surface area contributed by atoms with Gasteiger partial charge in [0.2, 0.25) is 0 Å². The maximum absolute atomic E-state index is 12.5. The predicted molar refractivity (Wildman–Crippen MR) is 106 cm³/mol. The summed E-state index contributed by atoms with van der Waals surface area (Å²) in [6.07, 6.45) is 12.2. The number of ether oxygens (including phenoxy) is 1. The molecule has 5 nitrogen and oxygen atoms in total. The zero-order valence-electron chi connectivity index (χ0n) is 17.1. The molecule has 150 valence electrons. The SMILES string of the molecule is CCCCC(C)(C)C(=O)/C=C\C1=CC[C@@H]2C/C(=N\OCCC(=O)OC)C[C@@H]12. The van der Waals surface area contributed by atoms with E-state index in [1.165, 1.54) is 12.7 Å². The third-order valence-corrected chi connectivity index (χ3v) is 5.68. The van der Waals surface area contributed by atoms with Gasteiger partial charge in [-0.25, -0.2) is 0 Å². The number of allylic oxidation sites excluding steroid dienone is 4. The minimum absolute atomic E-state index is 0.207. The topological polar surface area (TPSA) is 65.0 Å². The molecule has 0 spiro atoms. The fourth-order valence-corrected chi connectivity index (χ4v) is 3.80. The van der Waals surface area contributed by atoms with E-state index >= 15 is 0 Å². The van der Waals surface area contributed by atoms with E-state index in [1.807, 2.05) is 19.9 Å². The standard InChI is InChI=1S/C22H33NO4/c1-5-6-12-22(2,3)20(24)10-9-16-7-8-17-14-18(15-19(16)17)23-27-13-11-21(25)26-4/h7,9-10,17,19H,5-6,8,11-15H2,1-4H3/b10-9-,23-18+/t17-,19+/m1/s1. The monoisotopic (exact) mass is 375 g/mol. The second-order valence-electron chi connectivity index (χ2n) is 8.22. The van der Waals surface area contributed by atoms with Gasteiger partial charge in [0.25, 0.3) is 0 Å². The summed E-state index contributed by atoms with van der Waals surface area (Å²) in [5.41, 5.74) is 2.00. The molecule has 0 heterocycles. The average molecular weight is 376 g/mol. The number of nitrogens with zero attached hydrogens (tertiary/aromatic N) is 1. The molecule has 27 heavy (non-hydrogen) atoms. The van der Waals surface area contributed by atoms with Gasteiger partial charge in [-0.3, -0.25) is 9.59 Å². The summed E-state index contributed by atoms with van der Waals surface area (Å²) in [5.74, 6) is 0.894. The second-order valence-corrected chi connectivity index (χ2v) is 8.22. The number of unbranched alkanes of at least 4 members (excludes halogenated alkanes) is 1. The van der Waals surface area contributed by atoms with Crippen LogP contribution in [-0.2, 0) is 19.2 Å². The maximum Gasteiger partial charge on any atom is 0.309 e. The summed E-state index contributed by atoms with van der Waals surface area (Å²) < 4.78 is 4.58. The highest BCUT2D eigenvalue weighted by Gasteiger charge is 2.36. The Balaban J connectivity index is 1.86. The Morgan fingerprint density at radius 1 is 1.33 bits per heavy atom. The van der Waals surface area contributed by atoms with E-state index in [2.05, 4.69) is 22.9 Å². The number of esters is 1. The van der Waals surface area contributed by atoms with E-state index < -0.39 is 0 Å². The average Bonchev–Trinajstić information content (AvgIpc) is 3.21. The number of rotatable bonds is 10. The van der Waals surface area contributed by atoms with Crippen molar-refractivity contribution in [3.63, 3.8) is 0 Å². The first kappa shape index (κ1) is 21.4. The summed E-state index contributed by atoms with van der Waals surface area (Å²) >= 11 is 0. The fraction of sp³-hybridized carbons (Fsp3) is 0.682. The number of carbonyl (C=O) groups excluding carboxylic acids is 2.